The van der Waals surface area contributed by atoms with Crippen LogP contribution in [0.5, 0.6) is 0 Å². The third kappa shape index (κ3) is 3.42. The summed E-state index contributed by atoms with van der Waals surface area (Å²) in [6, 6.07) is 8.28. The van der Waals surface area contributed by atoms with Crippen molar-refractivity contribution in [3.63, 3.8) is 0 Å². The van der Waals surface area contributed by atoms with Gasteiger partial charge < -0.3 is 0 Å². The molecule has 1 aromatic carbocycles. The average molecular weight is 270 g/mol. The standard InChI is InChI=1S/C13H14N6O/c1-2-10-7-8-15-12(16-10)9-3-5-11(6-4-9)18-19-13(20)17-14/h3-8H,2,14H2,1H3,(H,17,20). The van der Waals surface area contributed by atoms with Gasteiger partial charge in [0.15, 0.2) is 5.82 Å². The van der Waals surface area contributed by atoms with Crippen LogP contribution >= 0.6 is 0 Å². The molecule has 2 rings (SSSR count). The molecule has 1 aromatic heterocycles. The SMILES string of the molecule is CCc1ccnc(-c2ccc(N=NC(=O)NN)cc2)n1. The maximum Gasteiger partial charge on any atom is 0.373 e. The number of nitrogens with one attached hydrogen (secondary N) is 1. The van der Waals surface area contributed by atoms with E-state index in [1.54, 1.807) is 18.3 Å². The first kappa shape index (κ1) is 13.8. The molecule has 1 heterocycles. The molecule has 2 amide bonds. The van der Waals surface area contributed by atoms with Gasteiger partial charge >= 0.3 is 6.03 Å². The lowest BCUT2D eigenvalue weighted by atomic mass is 10.2. The number of azo groups is 1. The van der Waals surface area contributed by atoms with Gasteiger partial charge in [-0.3, -0.25) is 5.43 Å². The van der Waals surface area contributed by atoms with Crippen LogP contribution in [0, 0.1) is 0 Å². The van der Waals surface area contributed by atoms with Gasteiger partial charge in [-0.2, -0.15) is 0 Å². The minimum Gasteiger partial charge on any atom is -0.273 e. The fourth-order valence-corrected chi connectivity index (χ4v) is 1.54. The second-order valence-corrected chi connectivity index (χ2v) is 3.92. The molecule has 0 aliphatic carbocycles. The number of rotatable bonds is 3. The van der Waals surface area contributed by atoms with Gasteiger partial charge in [-0.1, -0.05) is 12.0 Å². The second-order valence-electron chi connectivity index (χ2n) is 3.92. The Morgan fingerprint density at radius 1 is 1.30 bits per heavy atom. The highest BCUT2D eigenvalue weighted by Gasteiger charge is 2.02. The lowest BCUT2D eigenvalue weighted by Crippen LogP contribution is -2.26. The number of aromatic nitrogens is 2. The number of carbonyl (C=O) groups is 1. The number of benzene rings is 1. The Labute approximate surface area is 115 Å². The summed E-state index contributed by atoms with van der Waals surface area (Å²) in [5.74, 6) is 5.55. The molecule has 0 aliphatic heterocycles. The predicted molar refractivity (Wildman–Crippen MR) is 74.1 cm³/mol. The third-order valence-electron chi connectivity index (χ3n) is 2.58. The minimum atomic E-state index is -0.701. The molecule has 0 saturated heterocycles. The lowest BCUT2D eigenvalue weighted by Gasteiger charge is -2.02. The van der Waals surface area contributed by atoms with Crippen molar-refractivity contribution in [1.82, 2.24) is 15.4 Å². The number of aryl methyl sites for hydroxylation is 1. The molecule has 102 valence electrons. The quantitative estimate of drug-likeness (QED) is 0.386. The Kier molecular flexibility index (Phi) is 4.46. The van der Waals surface area contributed by atoms with Gasteiger partial charge in [-0.15, -0.1) is 5.11 Å². The van der Waals surface area contributed by atoms with Crippen molar-refractivity contribution in [3.8, 4) is 11.4 Å². The summed E-state index contributed by atoms with van der Waals surface area (Å²) >= 11 is 0. The van der Waals surface area contributed by atoms with Crippen LogP contribution < -0.4 is 11.3 Å². The molecule has 0 unspecified atom stereocenters. The Bertz CT molecular complexity index is 623. The van der Waals surface area contributed by atoms with Crippen molar-refractivity contribution in [2.75, 3.05) is 0 Å². The van der Waals surface area contributed by atoms with Crippen LogP contribution in [0.4, 0.5) is 10.5 Å². The molecule has 0 saturated carbocycles. The summed E-state index contributed by atoms with van der Waals surface area (Å²) in [5.41, 5.74) is 4.27. The highest BCUT2D eigenvalue weighted by atomic mass is 16.2. The first-order valence-corrected chi connectivity index (χ1v) is 6.07. The lowest BCUT2D eigenvalue weighted by molar-refractivity contribution is 0.248. The molecule has 0 bridgehead atoms. The number of hydrazine groups is 1. The highest BCUT2D eigenvalue weighted by molar-refractivity contribution is 5.73. The minimum absolute atomic E-state index is 0.545. The van der Waals surface area contributed by atoms with Crippen LogP contribution in [-0.2, 0) is 6.42 Å². The Balaban J connectivity index is 2.19. The van der Waals surface area contributed by atoms with E-state index in [4.69, 9.17) is 5.84 Å². The molecular weight excluding hydrogens is 256 g/mol. The summed E-state index contributed by atoms with van der Waals surface area (Å²) in [4.78, 5) is 19.5. The van der Waals surface area contributed by atoms with Crippen molar-refractivity contribution < 1.29 is 4.79 Å². The third-order valence-corrected chi connectivity index (χ3v) is 2.58. The first-order chi connectivity index (χ1) is 9.72. The molecule has 0 spiro atoms. The Hall–Kier alpha value is -2.67. The summed E-state index contributed by atoms with van der Waals surface area (Å²) in [6.07, 6.45) is 2.59. The van der Waals surface area contributed by atoms with Crippen LogP contribution in [0.3, 0.4) is 0 Å². The van der Waals surface area contributed by atoms with E-state index >= 15 is 0 Å². The average Bonchev–Trinajstić information content (AvgIpc) is 2.53. The molecule has 20 heavy (non-hydrogen) atoms. The molecule has 3 N–H and O–H groups in total. The normalized spacial score (nSPS) is 10.7. The van der Waals surface area contributed by atoms with E-state index in [-0.39, 0.29) is 0 Å². The monoisotopic (exact) mass is 270 g/mol. The number of carbonyl (C=O) groups excluding carboxylic acids is 1. The van der Waals surface area contributed by atoms with Crippen molar-refractivity contribution >= 4 is 11.7 Å². The zero-order valence-electron chi connectivity index (χ0n) is 10.9. The van der Waals surface area contributed by atoms with Crippen molar-refractivity contribution in [2.24, 2.45) is 16.1 Å². The van der Waals surface area contributed by atoms with E-state index in [1.165, 1.54) is 0 Å². The van der Waals surface area contributed by atoms with E-state index in [1.807, 2.05) is 30.5 Å². The second kappa shape index (κ2) is 6.48. The van der Waals surface area contributed by atoms with Gasteiger partial charge in [0.2, 0.25) is 0 Å². The molecule has 0 radical (unpaired) electrons. The van der Waals surface area contributed by atoms with Crippen LogP contribution in [0.15, 0.2) is 46.8 Å². The van der Waals surface area contributed by atoms with Crippen molar-refractivity contribution in [3.05, 3.63) is 42.2 Å². The van der Waals surface area contributed by atoms with E-state index in [0.717, 1.165) is 17.7 Å². The molecule has 0 atom stereocenters. The van der Waals surface area contributed by atoms with E-state index in [9.17, 15) is 4.79 Å². The fraction of sp³-hybridized carbons (Fsp3) is 0.154. The molecule has 7 heteroatoms. The number of hydrogen-bond acceptors (Lipinski definition) is 5. The van der Waals surface area contributed by atoms with Crippen molar-refractivity contribution in [1.29, 1.82) is 0 Å². The van der Waals surface area contributed by atoms with Gasteiger partial charge in [0.05, 0.1) is 5.69 Å². The highest BCUT2D eigenvalue weighted by Crippen LogP contribution is 2.20. The van der Waals surface area contributed by atoms with Crippen LogP contribution in [0.1, 0.15) is 12.6 Å². The summed E-state index contributed by atoms with van der Waals surface area (Å²) in [6.45, 7) is 2.04. The fourth-order valence-electron chi connectivity index (χ4n) is 1.54. The van der Waals surface area contributed by atoms with Gasteiger partial charge in [0.25, 0.3) is 0 Å². The number of amides is 2. The zero-order valence-corrected chi connectivity index (χ0v) is 10.9. The molecular formula is C13H14N6O. The predicted octanol–water partition coefficient (Wildman–Crippen LogP) is 2.37. The van der Waals surface area contributed by atoms with Crippen molar-refractivity contribution in [2.45, 2.75) is 13.3 Å². The topological polar surface area (TPSA) is 106 Å². The maximum absolute atomic E-state index is 10.8. The summed E-state index contributed by atoms with van der Waals surface area (Å²) < 4.78 is 0. The summed E-state index contributed by atoms with van der Waals surface area (Å²) in [7, 11) is 0. The van der Waals surface area contributed by atoms with E-state index in [0.29, 0.717) is 11.5 Å². The van der Waals surface area contributed by atoms with Gasteiger partial charge in [0.1, 0.15) is 0 Å². The molecule has 0 aliphatic rings. The van der Waals surface area contributed by atoms with E-state index in [2.05, 4.69) is 20.2 Å². The molecule has 7 nitrogen and oxygen atoms in total. The Morgan fingerprint density at radius 3 is 2.70 bits per heavy atom. The zero-order chi connectivity index (χ0) is 14.4. The van der Waals surface area contributed by atoms with Gasteiger partial charge in [-0.25, -0.2) is 20.6 Å². The van der Waals surface area contributed by atoms with E-state index < -0.39 is 6.03 Å². The number of hydrogen-bond donors (Lipinski definition) is 2. The molecule has 0 fully saturated rings. The smallest absolute Gasteiger partial charge is 0.273 e. The largest absolute Gasteiger partial charge is 0.373 e. The maximum atomic E-state index is 10.8. The Morgan fingerprint density at radius 2 is 2.05 bits per heavy atom. The number of urea groups is 1. The van der Waals surface area contributed by atoms with Crippen LogP contribution in [0.2, 0.25) is 0 Å². The van der Waals surface area contributed by atoms with Crippen LogP contribution in [-0.4, -0.2) is 16.0 Å². The molecule has 2 aromatic rings. The van der Waals surface area contributed by atoms with Gasteiger partial charge in [-0.05, 0) is 36.8 Å². The first-order valence-electron chi connectivity index (χ1n) is 6.07. The summed E-state index contributed by atoms with van der Waals surface area (Å²) in [5, 5.41) is 7.10. The number of nitrogens with two attached hydrogens (primary N) is 1. The van der Waals surface area contributed by atoms with Gasteiger partial charge in [0, 0.05) is 17.5 Å². The number of nitrogens with zero attached hydrogens (tertiary/aromatic N) is 4. The van der Waals surface area contributed by atoms with Crippen LogP contribution in [0.25, 0.3) is 11.4 Å².